The van der Waals surface area contributed by atoms with Crippen molar-refractivity contribution >= 4 is 29.4 Å². The highest BCUT2D eigenvalue weighted by atomic mass is 35.5. The molecule has 0 unspecified atom stereocenters. The molecule has 2 aromatic rings. The molecule has 2 N–H and O–H groups in total. The van der Waals surface area contributed by atoms with E-state index in [-0.39, 0.29) is 23.7 Å². The third-order valence-corrected chi connectivity index (χ3v) is 7.30. The molecule has 5 heterocycles. The molecule has 0 radical (unpaired) electrons. The molecule has 3 amide bonds. The first-order valence-electron chi connectivity index (χ1n) is 11.1. The molecular formula is C22H28ClN7O2. The number of carbonyl (C=O) groups is 2. The fraction of sp³-hybridized carbons (Fsp3) is 0.545. The van der Waals surface area contributed by atoms with E-state index < -0.39 is 5.54 Å². The number of nitrogens with one attached hydrogen (secondary N) is 2. The second-order valence-electron chi connectivity index (χ2n) is 9.46. The van der Waals surface area contributed by atoms with Crippen LogP contribution in [0.15, 0.2) is 18.3 Å². The van der Waals surface area contributed by atoms with Crippen LogP contribution in [0.1, 0.15) is 55.4 Å². The largest absolute Gasteiger partial charge is 0.321 e. The summed E-state index contributed by atoms with van der Waals surface area (Å²) in [4.78, 5) is 36.8. The Morgan fingerprint density at radius 2 is 2.09 bits per heavy atom. The first-order valence-corrected chi connectivity index (χ1v) is 11.5. The summed E-state index contributed by atoms with van der Waals surface area (Å²) in [6.45, 7) is 9.36. The van der Waals surface area contributed by atoms with Gasteiger partial charge in [-0.3, -0.25) is 14.8 Å². The minimum Gasteiger partial charge on any atom is -0.319 e. The molecular weight excluding hydrogens is 430 g/mol. The quantitative estimate of drug-likeness (QED) is 0.722. The van der Waals surface area contributed by atoms with Crippen LogP contribution >= 0.6 is 11.6 Å². The van der Waals surface area contributed by atoms with Crippen molar-refractivity contribution < 1.29 is 9.59 Å². The molecule has 170 valence electrons. The average Bonchev–Trinajstić information content (AvgIpc) is 3.43. The Balaban J connectivity index is 1.35. The number of aromatic amines is 1. The number of fused-ring (bicyclic) bond motifs is 2. The van der Waals surface area contributed by atoms with Gasteiger partial charge in [0, 0.05) is 36.9 Å². The van der Waals surface area contributed by atoms with Gasteiger partial charge in [-0.1, -0.05) is 11.6 Å². The first kappa shape index (κ1) is 21.2. The Labute approximate surface area is 192 Å². The van der Waals surface area contributed by atoms with E-state index in [1.165, 1.54) is 12.6 Å². The Bertz CT molecular complexity index is 1050. The van der Waals surface area contributed by atoms with E-state index in [0.717, 1.165) is 37.3 Å². The number of carbonyl (C=O) groups excluding carboxylic acids is 2. The summed E-state index contributed by atoms with van der Waals surface area (Å²) in [5, 5.41) is 10.7. The Morgan fingerprint density at radius 1 is 1.28 bits per heavy atom. The zero-order valence-corrected chi connectivity index (χ0v) is 19.3. The van der Waals surface area contributed by atoms with Crippen molar-refractivity contribution in [1.82, 2.24) is 29.9 Å². The molecule has 3 aliphatic heterocycles. The zero-order valence-electron chi connectivity index (χ0n) is 18.6. The summed E-state index contributed by atoms with van der Waals surface area (Å²) in [5.74, 6) is 0.0586. The number of aromatic nitrogens is 3. The van der Waals surface area contributed by atoms with E-state index in [9.17, 15) is 9.59 Å². The standard InChI is InChI=1S/C22H28ClN7O2/c1-13-10-28-8-4-5-15(28)11-29(13)21(32)30-12-16-18(22(30,2)3)26-27-19(16)25-20(31)17-7-6-14(23)9-24-17/h6-7,9,13,15H,4-5,8,10-12H2,1-3H3,(H2,25,26,27,31)/t13-,15-/m0/s1. The monoisotopic (exact) mass is 457 g/mol. The number of anilines is 1. The van der Waals surface area contributed by atoms with Crippen LogP contribution in [-0.2, 0) is 12.1 Å². The maximum Gasteiger partial charge on any atom is 0.321 e. The minimum absolute atomic E-state index is 0.0373. The summed E-state index contributed by atoms with van der Waals surface area (Å²) in [7, 11) is 0. The second-order valence-corrected chi connectivity index (χ2v) is 9.90. The lowest BCUT2D eigenvalue weighted by atomic mass is 10.0. The molecule has 5 rings (SSSR count). The molecule has 2 saturated heterocycles. The number of nitrogens with zero attached hydrogens (tertiary/aromatic N) is 5. The topological polar surface area (TPSA) is 97.5 Å². The summed E-state index contributed by atoms with van der Waals surface area (Å²) >= 11 is 5.86. The summed E-state index contributed by atoms with van der Waals surface area (Å²) in [6, 6.07) is 3.85. The molecule has 32 heavy (non-hydrogen) atoms. The lowest BCUT2D eigenvalue weighted by Crippen LogP contribution is -2.60. The molecule has 0 bridgehead atoms. The predicted molar refractivity (Wildman–Crippen MR) is 121 cm³/mol. The van der Waals surface area contributed by atoms with Gasteiger partial charge >= 0.3 is 6.03 Å². The molecule has 9 nitrogen and oxygen atoms in total. The van der Waals surface area contributed by atoms with Crippen LogP contribution < -0.4 is 5.32 Å². The van der Waals surface area contributed by atoms with E-state index in [1.54, 1.807) is 12.1 Å². The van der Waals surface area contributed by atoms with E-state index in [4.69, 9.17) is 11.6 Å². The summed E-state index contributed by atoms with van der Waals surface area (Å²) in [5.41, 5.74) is 1.36. The second kappa shape index (κ2) is 7.74. The molecule has 2 aromatic heterocycles. The number of rotatable bonds is 2. The molecule has 0 aromatic carbocycles. The van der Waals surface area contributed by atoms with Crippen LogP contribution in [0.2, 0.25) is 5.02 Å². The minimum atomic E-state index is -0.562. The fourth-order valence-corrected chi connectivity index (χ4v) is 5.33. The van der Waals surface area contributed by atoms with Crippen molar-refractivity contribution in [2.24, 2.45) is 0 Å². The normalized spacial score (nSPS) is 24.4. The number of piperazine rings is 1. The van der Waals surface area contributed by atoms with Gasteiger partial charge in [-0.15, -0.1) is 0 Å². The van der Waals surface area contributed by atoms with Crippen molar-refractivity contribution in [3.05, 3.63) is 40.3 Å². The lowest BCUT2D eigenvalue weighted by molar-refractivity contribution is 0.0454. The van der Waals surface area contributed by atoms with Crippen LogP contribution in [-0.4, -0.2) is 73.5 Å². The average molecular weight is 458 g/mol. The number of urea groups is 1. The maximum atomic E-state index is 13.7. The van der Waals surface area contributed by atoms with Crippen molar-refractivity contribution in [1.29, 1.82) is 0 Å². The fourth-order valence-electron chi connectivity index (χ4n) is 5.22. The van der Waals surface area contributed by atoms with Gasteiger partial charge in [0.15, 0.2) is 5.82 Å². The first-order chi connectivity index (χ1) is 15.3. The SMILES string of the molecule is C[C@H]1CN2CCC[C@H]2CN1C(=O)N1Cc2c(NC(=O)c3ccc(Cl)cn3)n[nH]c2C1(C)C. The number of hydrogen-bond donors (Lipinski definition) is 2. The van der Waals surface area contributed by atoms with Gasteiger partial charge in [0.2, 0.25) is 0 Å². The van der Waals surface area contributed by atoms with Crippen LogP contribution in [0, 0.1) is 0 Å². The summed E-state index contributed by atoms with van der Waals surface area (Å²) < 4.78 is 0. The van der Waals surface area contributed by atoms with Gasteiger partial charge in [-0.05, 0) is 52.3 Å². The highest BCUT2D eigenvalue weighted by Gasteiger charge is 2.47. The zero-order chi connectivity index (χ0) is 22.6. The molecule has 0 spiro atoms. The maximum absolute atomic E-state index is 13.7. The Hall–Kier alpha value is -2.65. The number of halogens is 1. The highest BCUT2D eigenvalue weighted by Crippen LogP contribution is 2.41. The van der Waals surface area contributed by atoms with Gasteiger partial charge in [0.1, 0.15) is 5.69 Å². The van der Waals surface area contributed by atoms with Crippen molar-refractivity contribution in [3.8, 4) is 0 Å². The van der Waals surface area contributed by atoms with Crippen LogP contribution in [0.3, 0.4) is 0 Å². The van der Waals surface area contributed by atoms with Crippen LogP contribution in [0.25, 0.3) is 0 Å². The van der Waals surface area contributed by atoms with E-state index in [0.29, 0.717) is 23.4 Å². The third-order valence-electron chi connectivity index (χ3n) is 7.08. The van der Waals surface area contributed by atoms with Crippen LogP contribution in [0.4, 0.5) is 10.6 Å². The van der Waals surface area contributed by atoms with Gasteiger partial charge in [0.05, 0.1) is 22.8 Å². The van der Waals surface area contributed by atoms with Crippen LogP contribution in [0.5, 0.6) is 0 Å². The number of hydrogen-bond acceptors (Lipinski definition) is 5. The van der Waals surface area contributed by atoms with Crippen molar-refractivity contribution in [2.75, 3.05) is 25.0 Å². The third kappa shape index (κ3) is 3.44. The van der Waals surface area contributed by atoms with Crippen molar-refractivity contribution in [2.45, 2.75) is 57.8 Å². The van der Waals surface area contributed by atoms with Gasteiger partial charge in [-0.25, -0.2) is 9.78 Å². The number of pyridine rings is 1. The Kier molecular flexibility index (Phi) is 5.13. The van der Waals surface area contributed by atoms with Gasteiger partial charge < -0.3 is 15.1 Å². The highest BCUT2D eigenvalue weighted by molar-refractivity contribution is 6.30. The smallest absolute Gasteiger partial charge is 0.319 e. The molecule has 0 saturated carbocycles. The van der Waals surface area contributed by atoms with E-state index >= 15 is 0 Å². The molecule has 2 atom stereocenters. The number of amides is 3. The van der Waals surface area contributed by atoms with Gasteiger partial charge in [0.25, 0.3) is 5.91 Å². The van der Waals surface area contributed by atoms with E-state index in [1.807, 2.05) is 23.6 Å². The Morgan fingerprint density at radius 3 is 2.84 bits per heavy atom. The van der Waals surface area contributed by atoms with Gasteiger partial charge in [-0.2, -0.15) is 5.10 Å². The summed E-state index contributed by atoms with van der Waals surface area (Å²) in [6.07, 6.45) is 3.79. The predicted octanol–water partition coefficient (Wildman–Crippen LogP) is 3.05. The van der Waals surface area contributed by atoms with E-state index in [2.05, 4.69) is 32.3 Å². The molecule has 0 aliphatic carbocycles. The molecule has 3 aliphatic rings. The lowest BCUT2D eigenvalue weighted by Gasteiger charge is -2.45. The van der Waals surface area contributed by atoms with Crippen molar-refractivity contribution in [3.63, 3.8) is 0 Å². The molecule has 10 heteroatoms. The molecule has 2 fully saturated rings. The number of H-pyrrole nitrogens is 1.